The van der Waals surface area contributed by atoms with E-state index in [2.05, 4.69) is 15.3 Å². The summed E-state index contributed by atoms with van der Waals surface area (Å²) in [7, 11) is 1.63. The molecule has 0 aliphatic carbocycles. The molecule has 0 unspecified atom stereocenters. The summed E-state index contributed by atoms with van der Waals surface area (Å²) in [4.78, 5) is 23.1. The van der Waals surface area contributed by atoms with Gasteiger partial charge in [0, 0.05) is 37.5 Å². The molecule has 2 aromatic heterocycles. The van der Waals surface area contributed by atoms with Gasteiger partial charge in [0.2, 0.25) is 0 Å². The number of benzene rings is 1. The number of nitrogens with zero attached hydrogens (tertiary/aromatic N) is 3. The third kappa shape index (κ3) is 4.83. The lowest BCUT2D eigenvalue weighted by atomic mass is 9.95. The zero-order valence-electron chi connectivity index (χ0n) is 17.5. The van der Waals surface area contributed by atoms with E-state index in [9.17, 15) is 13.6 Å². The molecule has 166 valence electrons. The summed E-state index contributed by atoms with van der Waals surface area (Å²) >= 11 is 0. The maximum Gasteiger partial charge on any atom is 0.323 e. The molecule has 1 saturated heterocycles. The first-order valence-electron chi connectivity index (χ1n) is 10.1. The molecule has 0 bridgehead atoms. The van der Waals surface area contributed by atoms with Gasteiger partial charge in [0.25, 0.3) is 0 Å². The van der Waals surface area contributed by atoms with Crippen LogP contribution in [0.1, 0.15) is 11.4 Å². The van der Waals surface area contributed by atoms with E-state index in [1.165, 1.54) is 18.2 Å². The van der Waals surface area contributed by atoms with Crippen molar-refractivity contribution in [3.05, 3.63) is 71.6 Å². The molecule has 7 nitrogen and oxygen atoms in total. The van der Waals surface area contributed by atoms with E-state index in [-0.39, 0.29) is 28.8 Å². The molecule has 0 spiro atoms. The number of nitrogens with one attached hydrogen (secondary N) is 1. The fraction of sp³-hybridized carbons (Fsp3) is 0.261. The molecule has 9 heteroatoms. The largest absolute Gasteiger partial charge is 0.396 e. The minimum Gasteiger partial charge on any atom is -0.396 e. The predicted octanol–water partition coefficient (Wildman–Crippen LogP) is 3.86. The van der Waals surface area contributed by atoms with Crippen molar-refractivity contribution in [2.75, 3.05) is 31.2 Å². The monoisotopic (exact) mass is 439 g/mol. The molecule has 0 saturated carbocycles. The fourth-order valence-electron chi connectivity index (χ4n) is 3.63. The van der Waals surface area contributed by atoms with Crippen LogP contribution in [-0.4, -0.2) is 41.1 Å². The first-order chi connectivity index (χ1) is 15.4. The Balaban J connectivity index is 1.37. The number of carbonyl (C=O) groups is 1. The number of methoxy groups -OCH3 is 1. The van der Waals surface area contributed by atoms with E-state index in [1.807, 2.05) is 18.2 Å². The number of urea groups is 1. The van der Waals surface area contributed by atoms with Gasteiger partial charge in [0.05, 0.1) is 23.7 Å². The predicted molar refractivity (Wildman–Crippen MR) is 117 cm³/mol. The molecule has 1 fully saturated rings. The summed E-state index contributed by atoms with van der Waals surface area (Å²) in [5.41, 5.74) is 8.39. The first-order valence-corrected chi connectivity index (χ1v) is 10.1. The molecule has 1 aliphatic rings. The second kappa shape index (κ2) is 9.27. The van der Waals surface area contributed by atoms with Gasteiger partial charge in [0.1, 0.15) is 11.6 Å². The van der Waals surface area contributed by atoms with Gasteiger partial charge in [-0.15, -0.1) is 0 Å². The molecule has 3 aromatic rings. The number of pyridine rings is 2. The van der Waals surface area contributed by atoms with E-state index in [1.54, 1.807) is 12.0 Å². The normalized spacial score (nSPS) is 13.7. The molecule has 3 heterocycles. The first kappa shape index (κ1) is 21.6. The van der Waals surface area contributed by atoms with Gasteiger partial charge in [-0.3, -0.25) is 10.3 Å². The number of amides is 2. The van der Waals surface area contributed by atoms with Crippen molar-refractivity contribution in [2.45, 2.75) is 13.0 Å². The second-order valence-electron chi connectivity index (χ2n) is 7.72. The van der Waals surface area contributed by atoms with Crippen molar-refractivity contribution in [1.29, 1.82) is 0 Å². The van der Waals surface area contributed by atoms with Crippen LogP contribution in [-0.2, 0) is 17.8 Å². The van der Waals surface area contributed by atoms with Gasteiger partial charge in [-0.1, -0.05) is 6.07 Å². The molecular formula is C23H23F2N5O2. The van der Waals surface area contributed by atoms with Crippen LogP contribution < -0.4 is 11.1 Å². The number of nitrogen functional groups attached to an aromatic ring is 1. The SMILES string of the molecule is COCc1cccc(CC2CN(C(=O)Nc3nc(-c4ccc(F)cc4F)ccc3N)C2)n1. The van der Waals surface area contributed by atoms with Crippen molar-refractivity contribution >= 4 is 17.5 Å². The molecule has 0 atom stereocenters. The van der Waals surface area contributed by atoms with E-state index >= 15 is 0 Å². The smallest absolute Gasteiger partial charge is 0.323 e. The number of aromatic nitrogens is 2. The lowest BCUT2D eigenvalue weighted by molar-refractivity contribution is 0.130. The molecule has 1 aromatic carbocycles. The number of halogens is 2. The second-order valence-corrected chi connectivity index (χ2v) is 7.72. The number of nitrogens with two attached hydrogens (primary N) is 1. The highest BCUT2D eigenvalue weighted by atomic mass is 19.1. The lowest BCUT2D eigenvalue weighted by Crippen LogP contribution is -2.52. The Morgan fingerprint density at radius 1 is 1.16 bits per heavy atom. The molecule has 2 amide bonds. The van der Waals surface area contributed by atoms with Crippen LogP contribution in [0, 0.1) is 17.6 Å². The summed E-state index contributed by atoms with van der Waals surface area (Å²) in [5, 5.41) is 2.69. The minimum absolute atomic E-state index is 0.120. The molecule has 3 N–H and O–H groups in total. The Morgan fingerprint density at radius 3 is 2.69 bits per heavy atom. The molecular weight excluding hydrogens is 416 g/mol. The highest BCUT2D eigenvalue weighted by Crippen LogP contribution is 2.27. The zero-order valence-corrected chi connectivity index (χ0v) is 17.5. The highest BCUT2D eigenvalue weighted by Gasteiger charge is 2.31. The summed E-state index contributed by atoms with van der Waals surface area (Å²) < 4.78 is 32.4. The molecule has 4 rings (SSSR count). The molecule has 1 aliphatic heterocycles. The minimum atomic E-state index is -0.742. The van der Waals surface area contributed by atoms with Crippen LogP contribution in [0.5, 0.6) is 0 Å². The van der Waals surface area contributed by atoms with Crippen LogP contribution in [0.25, 0.3) is 11.3 Å². The van der Waals surface area contributed by atoms with Crippen LogP contribution in [0.4, 0.5) is 25.1 Å². The summed E-state index contributed by atoms with van der Waals surface area (Å²) in [5.74, 6) is -0.985. The Hall–Kier alpha value is -3.59. The van der Waals surface area contributed by atoms with Crippen molar-refractivity contribution in [3.63, 3.8) is 0 Å². The quantitative estimate of drug-likeness (QED) is 0.609. The fourth-order valence-corrected chi connectivity index (χ4v) is 3.63. The van der Waals surface area contributed by atoms with E-state index in [4.69, 9.17) is 10.5 Å². The average molecular weight is 439 g/mol. The van der Waals surface area contributed by atoms with E-state index in [0.29, 0.717) is 25.6 Å². The number of hydrogen-bond donors (Lipinski definition) is 2. The lowest BCUT2D eigenvalue weighted by Gasteiger charge is -2.39. The number of ether oxygens (including phenoxy) is 1. The standard InChI is InChI=1S/C23H23F2N5O2/c1-32-13-17-4-2-3-16(27-17)9-14-11-30(12-14)23(31)29-22-20(26)7-8-21(28-22)18-6-5-15(24)10-19(18)25/h2-8,10,14H,9,11-13,26H2,1H3,(H,28,29,31). The van der Waals surface area contributed by atoms with Gasteiger partial charge in [-0.2, -0.15) is 0 Å². The van der Waals surface area contributed by atoms with Crippen LogP contribution >= 0.6 is 0 Å². The molecule has 0 radical (unpaired) electrons. The maximum atomic E-state index is 14.1. The van der Waals surface area contributed by atoms with E-state index in [0.717, 1.165) is 29.9 Å². The zero-order chi connectivity index (χ0) is 22.7. The maximum absolute atomic E-state index is 14.1. The third-order valence-corrected chi connectivity index (χ3v) is 5.26. The Labute approximate surface area is 184 Å². The summed E-state index contributed by atoms with van der Waals surface area (Å²) in [6.07, 6.45) is 0.765. The number of carbonyl (C=O) groups excluding carboxylic acids is 1. The van der Waals surface area contributed by atoms with Gasteiger partial charge < -0.3 is 15.4 Å². The number of hydrogen-bond acceptors (Lipinski definition) is 5. The highest BCUT2D eigenvalue weighted by molar-refractivity contribution is 5.92. The summed E-state index contributed by atoms with van der Waals surface area (Å²) in [6.45, 7) is 1.62. The van der Waals surface area contributed by atoms with Gasteiger partial charge in [0.15, 0.2) is 5.82 Å². The number of anilines is 2. The van der Waals surface area contributed by atoms with Crippen LogP contribution in [0.2, 0.25) is 0 Å². The van der Waals surface area contributed by atoms with Crippen molar-refractivity contribution in [3.8, 4) is 11.3 Å². The topological polar surface area (TPSA) is 93.4 Å². The third-order valence-electron chi connectivity index (χ3n) is 5.26. The summed E-state index contributed by atoms with van der Waals surface area (Å²) in [6, 6.07) is 11.8. The Bertz CT molecular complexity index is 1140. The number of rotatable bonds is 6. The average Bonchev–Trinajstić information content (AvgIpc) is 2.73. The van der Waals surface area contributed by atoms with Crippen molar-refractivity contribution in [1.82, 2.24) is 14.9 Å². The molecule has 32 heavy (non-hydrogen) atoms. The van der Waals surface area contributed by atoms with Gasteiger partial charge in [-0.05, 0) is 48.7 Å². The van der Waals surface area contributed by atoms with Crippen molar-refractivity contribution < 1.29 is 18.3 Å². The van der Waals surface area contributed by atoms with Gasteiger partial charge in [-0.25, -0.2) is 18.6 Å². The van der Waals surface area contributed by atoms with Crippen LogP contribution in [0.3, 0.4) is 0 Å². The Kier molecular flexibility index (Phi) is 6.27. The van der Waals surface area contributed by atoms with Crippen LogP contribution in [0.15, 0.2) is 48.5 Å². The Morgan fingerprint density at radius 2 is 1.94 bits per heavy atom. The van der Waals surface area contributed by atoms with Gasteiger partial charge >= 0.3 is 6.03 Å². The number of likely N-dealkylation sites (tertiary alicyclic amines) is 1. The van der Waals surface area contributed by atoms with Crippen molar-refractivity contribution in [2.24, 2.45) is 5.92 Å². The van der Waals surface area contributed by atoms with E-state index < -0.39 is 11.6 Å².